The van der Waals surface area contributed by atoms with Gasteiger partial charge < -0.3 is 21.1 Å². The summed E-state index contributed by atoms with van der Waals surface area (Å²) >= 11 is 0. The minimum atomic E-state index is -1.06. The molecule has 3 aromatic rings. The first kappa shape index (κ1) is 22.7. The van der Waals surface area contributed by atoms with Gasteiger partial charge in [-0.2, -0.15) is 0 Å². The van der Waals surface area contributed by atoms with E-state index >= 15 is 0 Å². The van der Waals surface area contributed by atoms with Gasteiger partial charge >= 0.3 is 5.97 Å². The van der Waals surface area contributed by atoms with Gasteiger partial charge in [-0.3, -0.25) is 4.79 Å². The summed E-state index contributed by atoms with van der Waals surface area (Å²) in [6.45, 7) is 3.16. The third kappa shape index (κ3) is 5.46. The molecule has 0 unspecified atom stereocenters. The summed E-state index contributed by atoms with van der Waals surface area (Å²) in [7, 11) is 0. The number of nitrogens with zero attached hydrogens (tertiary/aromatic N) is 1. The third-order valence-corrected chi connectivity index (χ3v) is 5.87. The van der Waals surface area contributed by atoms with Gasteiger partial charge in [0.15, 0.2) is 0 Å². The number of aliphatic carboxylic acids is 1. The monoisotopic (exact) mass is 452 g/mol. The van der Waals surface area contributed by atoms with E-state index in [1.807, 2.05) is 37.3 Å². The lowest BCUT2D eigenvalue weighted by molar-refractivity contribution is -0.136. The van der Waals surface area contributed by atoms with Gasteiger partial charge in [-0.05, 0) is 28.7 Å². The summed E-state index contributed by atoms with van der Waals surface area (Å²) in [5.74, 6) is -1.36. The Kier molecular flexibility index (Phi) is 6.84. The summed E-state index contributed by atoms with van der Waals surface area (Å²) in [6, 6.07) is 15.9. The normalized spacial score (nSPS) is 16.8. The molecule has 1 aliphatic rings. The van der Waals surface area contributed by atoms with Crippen LogP contribution in [-0.4, -0.2) is 35.2 Å². The van der Waals surface area contributed by atoms with Crippen molar-refractivity contribution in [3.8, 4) is 0 Å². The minimum Gasteiger partial charge on any atom is -0.481 e. The van der Waals surface area contributed by atoms with Crippen molar-refractivity contribution >= 4 is 17.5 Å². The molecule has 0 radical (unpaired) electrons. The Bertz CT molecular complexity index is 1130. The van der Waals surface area contributed by atoms with Crippen molar-refractivity contribution in [1.82, 2.24) is 10.3 Å². The number of aromatic nitrogens is 1. The van der Waals surface area contributed by atoms with Gasteiger partial charge in [0, 0.05) is 19.2 Å². The van der Waals surface area contributed by atoms with Gasteiger partial charge in [0.25, 0.3) is 0 Å². The molecule has 8 heteroatoms. The second-order valence-electron chi connectivity index (χ2n) is 8.30. The first-order chi connectivity index (χ1) is 15.9. The molecular weight excluding hydrogens is 426 g/mol. The second kappa shape index (κ2) is 9.95. The Morgan fingerprint density at radius 3 is 2.73 bits per heavy atom. The predicted molar refractivity (Wildman–Crippen MR) is 123 cm³/mol. The summed E-state index contributed by atoms with van der Waals surface area (Å²) in [4.78, 5) is 15.2. The molecule has 6 nitrogen and oxygen atoms in total. The van der Waals surface area contributed by atoms with E-state index < -0.39 is 17.6 Å². The number of nitrogens with one attached hydrogen (secondary N) is 3. The number of carboxylic acids is 1. The molecule has 1 aliphatic heterocycles. The van der Waals surface area contributed by atoms with Crippen molar-refractivity contribution in [3.63, 3.8) is 0 Å². The predicted octanol–water partition coefficient (Wildman–Crippen LogP) is 4.33. The molecule has 1 aromatic heterocycles. The van der Waals surface area contributed by atoms with Gasteiger partial charge in [-0.15, -0.1) is 0 Å². The lowest BCUT2D eigenvalue weighted by Gasteiger charge is -2.35. The average molecular weight is 453 g/mol. The largest absolute Gasteiger partial charge is 0.481 e. The zero-order chi connectivity index (χ0) is 23.4. The molecule has 4 rings (SSSR count). The molecule has 0 spiro atoms. The fourth-order valence-electron chi connectivity index (χ4n) is 4.11. The Morgan fingerprint density at radius 1 is 1.18 bits per heavy atom. The molecule has 172 valence electrons. The van der Waals surface area contributed by atoms with Gasteiger partial charge in [0.2, 0.25) is 0 Å². The summed E-state index contributed by atoms with van der Waals surface area (Å²) in [6.07, 6.45) is 0.837. The highest BCUT2D eigenvalue weighted by atomic mass is 19.1. The fourth-order valence-corrected chi connectivity index (χ4v) is 4.11. The van der Waals surface area contributed by atoms with Crippen LogP contribution in [0, 0.1) is 11.6 Å². The molecule has 33 heavy (non-hydrogen) atoms. The number of pyridine rings is 1. The maximum absolute atomic E-state index is 14.0. The maximum Gasteiger partial charge on any atom is 0.307 e. The van der Waals surface area contributed by atoms with Crippen molar-refractivity contribution < 1.29 is 18.7 Å². The van der Waals surface area contributed by atoms with Crippen LogP contribution < -0.4 is 16.0 Å². The maximum atomic E-state index is 14.0. The second-order valence-corrected chi connectivity index (χ2v) is 8.30. The smallest absolute Gasteiger partial charge is 0.307 e. The number of hydrogen-bond acceptors (Lipinski definition) is 5. The molecule has 2 aromatic carbocycles. The van der Waals surface area contributed by atoms with Crippen molar-refractivity contribution in [1.29, 1.82) is 0 Å². The molecule has 0 amide bonds. The third-order valence-electron chi connectivity index (χ3n) is 5.87. The molecule has 0 bridgehead atoms. The lowest BCUT2D eigenvalue weighted by atomic mass is 9.94. The molecule has 4 N–H and O–H groups in total. The highest BCUT2D eigenvalue weighted by Crippen LogP contribution is 2.29. The van der Waals surface area contributed by atoms with E-state index in [4.69, 9.17) is 5.11 Å². The fraction of sp³-hybridized carbons (Fsp3) is 0.280. The molecule has 0 aliphatic carbocycles. The number of carboxylic acid groups (broad SMARTS) is 1. The van der Waals surface area contributed by atoms with Crippen LogP contribution in [0.2, 0.25) is 0 Å². The number of carbonyl (C=O) groups is 1. The van der Waals surface area contributed by atoms with Crippen molar-refractivity contribution in [2.45, 2.75) is 31.3 Å². The first-order valence-corrected chi connectivity index (χ1v) is 10.8. The highest BCUT2D eigenvalue weighted by molar-refractivity contribution is 5.70. The Labute approximate surface area is 191 Å². The topological polar surface area (TPSA) is 86.3 Å². The van der Waals surface area contributed by atoms with Crippen LogP contribution in [0.1, 0.15) is 35.6 Å². The highest BCUT2D eigenvalue weighted by Gasteiger charge is 2.28. The van der Waals surface area contributed by atoms with Gasteiger partial charge in [-0.25, -0.2) is 13.8 Å². The van der Waals surface area contributed by atoms with Crippen molar-refractivity contribution in [2.75, 3.05) is 23.7 Å². The molecule has 0 fully saturated rings. The SMILES string of the molecule is C[C@H](CN[C@H](c1ccccc1)[C@H]1CNc2cc(F)cnc2N1)c1ccc(F)c(CC(=O)O)c1. The summed E-state index contributed by atoms with van der Waals surface area (Å²) in [5.41, 5.74) is 2.76. The Hall–Kier alpha value is -3.52. The molecule has 0 saturated carbocycles. The number of anilines is 2. The van der Waals surface area contributed by atoms with Crippen LogP contribution in [0.25, 0.3) is 0 Å². The number of halogens is 2. The van der Waals surface area contributed by atoms with Crippen LogP contribution in [0.15, 0.2) is 60.8 Å². The summed E-state index contributed by atoms with van der Waals surface area (Å²) < 4.78 is 27.5. The Balaban J connectivity index is 1.51. The zero-order valence-corrected chi connectivity index (χ0v) is 18.2. The van der Waals surface area contributed by atoms with Crippen LogP contribution in [-0.2, 0) is 11.2 Å². The number of rotatable bonds is 8. The molecule has 3 atom stereocenters. The van der Waals surface area contributed by atoms with E-state index in [1.54, 1.807) is 12.1 Å². The van der Waals surface area contributed by atoms with Crippen LogP contribution in [0.5, 0.6) is 0 Å². The van der Waals surface area contributed by atoms with Crippen LogP contribution >= 0.6 is 0 Å². The number of hydrogen-bond donors (Lipinski definition) is 4. The quantitative estimate of drug-likeness (QED) is 0.407. The van der Waals surface area contributed by atoms with E-state index in [1.165, 1.54) is 18.3 Å². The van der Waals surface area contributed by atoms with E-state index in [2.05, 4.69) is 20.9 Å². The first-order valence-electron chi connectivity index (χ1n) is 10.8. The van der Waals surface area contributed by atoms with E-state index in [0.717, 1.165) is 11.1 Å². The van der Waals surface area contributed by atoms with Crippen molar-refractivity contribution in [2.24, 2.45) is 0 Å². The summed E-state index contributed by atoms with van der Waals surface area (Å²) in [5, 5.41) is 19.3. The molecular formula is C25H26F2N4O2. The van der Waals surface area contributed by atoms with Crippen LogP contribution in [0.4, 0.5) is 20.3 Å². The standard InChI is InChI=1S/C25H26F2N4O2/c1-15(17-7-8-20(27)18(9-17)10-23(32)33)12-29-24(16-5-3-2-4-6-16)22-14-28-21-11-19(26)13-30-25(21)31-22/h2-9,11,13,15,22,24,28-29H,10,12,14H2,1H3,(H,30,31)(H,32,33)/t15-,22-,24-/m1/s1. The lowest BCUT2D eigenvalue weighted by Crippen LogP contribution is -2.45. The van der Waals surface area contributed by atoms with Gasteiger partial charge in [0.1, 0.15) is 17.5 Å². The Morgan fingerprint density at radius 2 is 1.97 bits per heavy atom. The van der Waals surface area contributed by atoms with E-state index in [-0.39, 0.29) is 30.0 Å². The number of benzene rings is 2. The van der Waals surface area contributed by atoms with E-state index in [0.29, 0.717) is 24.6 Å². The number of fused-ring (bicyclic) bond motifs is 1. The van der Waals surface area contributed by atoms with Gasteiger partial charge in [0.05, 0.1) is 30.4 Å². The van der Waals surface area contributed by atoms with Crippen molar-refractivity contribution in [3.05, 3.63) is 89.1 Å². The van der Waals surface area contributed by atoms with Crippen LogP contribution in [0.3, 0.4) is 0 Å². The zero-order valence-electron chi connectivity index (χ0n) is 18.2. The van der Waals surface area contributed by atoms with Gasteiger partial charge in [-0.1, -0.05) is 49.4 Å². The average Bonchev–Trinajstić information content (AvgIpc) is 2.81. The van der Waals surface area contributed by atoms with E-state index in [9.17, 15) is 13.6 Å². The minimum absolute atomic E-state index is 0.0143. The molecule has 2 heterocycles. The molecule has 0 saturated heterocycles.